The fourth-order valence-electron chi connectivity index (χ4n) is 1.75. The van der Waals surface area contributed by atoms with Gasteiger partial charge in [0.15, 0.2) is 5.78 Å². The molecule has 2 aliphatic heterocycles. The lowest BCUT2D eigenvalue weighted by Crippen LogP contribution is -2.47. The monoisotopic (exact) mass is 140 g/mol. The molecule has 0 aromatic carbocycles. The van der Waals surface area contributed by atoms with Crippen molar-refractivity contribution in [3.63, 3.8) is 0 Å². The maximum absolute atomic E-state index is 11.1. The van der Waals surface area contributed by atoms with Crippen LogP contribution >= 0.6 is 0 Å². The van der Waals surface area contributed by atoms with E-state index in [4.69, 9.17) is 0 Å². The Bertz CT molecular complexity index is 158. The Morgan fingerprint density at radius 2 is 2.50 bits per heavy atom. The Morgan fingerprint density at radius 3 is 3.30 bits per heavy atom. The van der Waals surface area contributed by atoms with Crippen LogP contribution in [0.1, 0.15) is 19.3 Å². The highest BCUT2D eigenvalue weighted by Gasteiger charge is 2.33. The lowest BCUT2D eigenvalue weighted by Gasteiger charge is -2.28. The van der Waals surface area contributed by atoms with Gasteiger partial charge in [-0.25, -0.2) is 5.01 Å². The molecule has 1 atom stereocenters. The van der Waals surface area contributed by atoms with Crippen molar-refractivity contribution in [3.05, 3.63) is 0 Å². The summed E-state index contributed by atoms with van der Waals surface area (Å²) in [5.41, 5.74) is 3.22. The second kappa shape index (κ2) is 2.32. The van der Waals surface area contributed by atoms with Crippen LogP contribution in [0.25, 0.3) is 0 Å². The minimum absolute atomic E-state index is 0.216. The van der Waals surface area contributed by atoms with Gasteiger partial charge in [-0.15, -0.1) is 0 Å². The Kier molecular flexibility index (Phi) is 1.47. The van der Waals surface area contributed by atoms with Gasteiger partial charge in [-0.2, -0.15) is 0 Å². The third kappa shape index (κ3) is 0.859. The Morgan fingerprint density at radius 1 is 1.60 bits per heavy atom. The summed E-state index contributed by atoms with van der Waals surface area (Å²) in [7, 11) is 0. The largest absolute Gasteiger partial charge is 0.298 e. The SMILES string of the molecule is O=C1CCN2NCCCC12. The van der Waals surface area contributed by atoms with E-state index in [2.05, 4.69) is 10.4 Å². The molecule has 1 N–H and O–H groups in total. The first kappa shape index (κ1) is 6.31. The molecule has 10 heavy (non-hydrogen) atoms. The van der Waals surface area contributed by atoms with Crippen LogP contribution < -0.4 is 5.43 Å². The predicted molar refractivity (Wildman–Crippen MR) is 37.4 cm³/mol. The first-order valence-electron chi connectivity index (χ1n) is 3.91. The molecule has 0 aromatic heterocycles. The quantitative estimate of drug-likeness (QED) is 0.511. The van der Waals surface area contributed by atoms with E-state index >= 15 is 0 Å². The number of carbonyl (C=O) groups excluding carboxylic acids is 1. The molecule has 56 valence electrons. The molecule has 2 fully saturated rings. The summed E-state index contributed by atoms with van der Waals surface area (Å²) in [6.07, 6.45) is 2.95. The first-order chi connectivity index (χ1) is 4.88. The predicted octanol–water partition coefficient (Wildman–Crippen LogP) is -0.0718. The van der Waals surface area contributed by atoms with Gasteiger partial charge in [-0.05, 0) is 12.8 Å². The third-order valence-corrected chi connectivity index (χ3v) is 2.32. The van der Waals surface area contributed by atoms with Crippen LogP contribution in [-0.2, 0) is 4.79 Å². The number of nitrogens with zero attached hydrogens (tertiary/aromatic N) is 1. The van der Waals surface area contributed by atoms with E-state index < -0.39 is 0 Å². The highest BCUT2D eigenvalue weighted by Crippen LogP contribution is 2.18. The van der Waals surface area contributed by atoms with Crippen LogP contribution in [0.15, 0.2) is 0 Å². The van der Waals surface area contributed by atoms with Crippen molar-refractivity contribution in [2.24, 2.45) is 0 Å². The number of carbonyl (C=O) groups is 1. The smallest absolute Gasteiger partial charge is 0.152 e. The van der Waals surface area contributed by atoms with Crippen molar-refractivity contribution in [1.82, 2.24) is 10.4 Å². The highest BCUT2D eigenvalue weighted by atomic mass is 16.1. The average molecular weight is 140 g/mol. The number of Topliss-reactive ketones (excluding diaryl/α,β-unsaturated/α-hetero) is 1. The maximum Gasteiger partial charge on any atom is 0.152 e. The summed E-state index contributed by atoms with van der Waals surface area (Å²) in [6, 6.07) is 0.216. The van der Waals surface area contributed by atoms with Gasteiger partial charge in [0.1, 0.15) is 0 Å². The van der Waals surface area contributed by atoms with Crippen molar-refractivity contribution >= 4 is 5.78 Å². The normalized spacial score (nSPS) is 34.4. The van der Waals surface area contributed by atoms with Crippen LogP contribution in [0.4, 0.5) is 0 Å². The van der Waals surface area contributed by atoms with E-state index in [1.54, 1.807) is 0 Å². The maximum atomic E-state index is 11.1. The lowest BCUT2D eigenvalue weighted by molar-refractivity contribution is -0.121. The van der Waals surface area contributed by atoms with Crippen LogP contribution in [0, 0.1) is 0 Å². The second-order valence-electron chi connectivity index (χ2n) is 2.98. The molecular weight excluding hydrogens is 128 g/mol. The summed E-state index contributed by atoms with van der Waals surface area (Å²) in [6.45, 7) is 1.97. The van der Waals surface area contributed by atoms with Crippen LogP contribution in [0.5, 0.6) is 0 Å². The van der Waals surface area contributed by atoms with Crippen molar-refractivity contribution in [2.75, 3.05) is 13.1 Å². The molecule has 2 saturated heterocycles. The van der Waals surface area contributed by atoms with Gasteiger partial charge in [0.2, 0.25) is 0 Å². The van der Waals surface area contributed by atoms with Gasteiger partial charge in [-0.1, -0.05) is 0 Å². The summed E-state index contributed by atoms with van der Waals surface area (Å²) in [5.74, 6) is 0.423. The molecular formula is C7H12N2O. The van der Waals surface area contributed by atoms with Crippen LogP contribution in [-0.4, -0.2) is 29.9 Å². The van der Waals surface area contributed by atoms with E-state index in [-0.39, 0.29) is 6.04 Å². The fraction of sp³-hybridized carbons (Fsp3) is 0.857. The number of ketones is 1. The van der Waals surface area contributed by atoms with Crippen LogP contribution in [0.3, 0.4) is 0 Å². The van der Waals surface area contributed by atoms with E-state index in [1.807, 2.05) is 0 Å². The van der Waals surface area contributed by atoms with E-state index in [9.17, 15) is 4.79 Å². The topological polar surface area (TPSA) is 32.3 Å². The zero-order valence-electron chi connectivity index (χ0n) is 5.97. The Labute approximate surface area is 60.4 Å². The average Bonchev–Trinajstić information content (AvgIpc) is 2.34. The lowest BCUT2D eigenvalue weighted by atomic mass is 10.1. The minimum Gasteiger partial charge on any atom is -0.298 e. The number of hydrogen-bond donors (Lipinski definition) is 1. The second-order valence-corrected chi connectivity index (χ2v) is 2.98. The van der Waals surface area contributed by atoms with E-state index in [0.717, 1.165) is 32.4 Å². The summed E-state index contributed by atoms with van der Waals surface area (Å²) in [5, 5.41) is 2.09. The first-order valence-corrected chi connectivity index (χ1v) is 3.91. The van der Waals surface area contributed by atoms with Crippen molar-refractivity contribution in [2.45, 2.75) is 25.3 Å². The van der Waals surface area contributed by atoms with E-state index in [1.165, 1.54) is 0 Å². The highest BCUT2D eigenvalue weighted by molar-refractivity contribution is 5.86. The zero-order chi connectivity index (χ0) is 6.97. The van der Waals surface area contributed by atoms with Gasteiger partial charge in [0.05, 0.1) is 6.04 Å². The molecule has 2 aliphatic rings. The third-order valence-electron chi connectivity index (χ3n) is 2.32. The van der Waals surface area contributed by atoms with E-state index in [0.29, 0.717) is 5.78 Å². The minimum atomic E-state index is 0.216. The number of fused-ring (bicyclic) bond motifs is 1. The van der Waals surface area contributed by atoms with Crippen molar-refractivity contribution in [3.8, 4) is 0 Å². The Balaban J connectivity index is 2.08. The molecule has 0 aliphatic carbocycles. The van der Waals surface area contributed by atoms with Crippen molar-refractivity contribution < 1.29 is 4.79 Å². The van der Waals surface area contributed by atoms with Gasteiger partial charge in [0.25, 0.3) is 0 Å². The molecule has 0 amide bonds. The Hall–Kier alpha value is -0.410. The summed E-state index contributed by atoms with van der Waals surface area (Å²) >= 11 is 0. The fourth-order valence-corrected chi connectivity index (χ4v) is 1.75. The number of rotatable bonds is 0. The molecule has 1 unspecified atom stereocenters. The molecule has 0 spiro atoms. The molecule has 2 rings (SSSR count). The molecule has 0 radical (unpaired) electrons. The summed E-state index contributed by atoms with van der Waals surface area (Å²) in [4.78, 5) is 11.1. The molecule has 0 bridgehead atoms. The molecule has 0 saturated carbocycles. The zero-order valence-corrected chi connectivity index (χ0v) is 5.97. The van der Waals surface area contributed by atoms with Crippen LogP contribution in [0.2, 0.25) is 0 Å². The van der Waals surface area contributed by atoms with Gasteiger partial charge in [-0.3, -0.25) is 10.2 Å². The number of nitrogens with one attached hydrogen (secondary N) is 1. The number of hydrazine groups is 1. The van der Waals surface area contributed by atoms with Crippen molar-refractivity contribution in [1.29, 1.82) is 0 Å². The van der Waals surface area contributed by atoms with Gasteiger partial charge in [0, 0.05) is 19.5 Å². The number of hydrogen-bond acceptors (Lipinski definition) is 3. The standard InChI is InChI=1S/C7H12N2O/c10-7-3-5-9-6(7)2-1-4-8-9/h6,8H,1-5H2. The molecule has 3 heteroatoms. The molecule has 0 aromatic rings. The molecule has 3 nitrogen and oxygen atoms in total. The summed E-state index contributed by atoms with van der Waals surface area (Å²) < 4.78 is 0. The van der Waals surface area contributed by atoms with Gasteiger partial charge >= 0.3 is 0 Å². The molecule has 2 heterocycles. The van der Waals surface area contributed by atoms with Gasteiger partial charge < -0.3 is 0 Å².